The lowest BCUT2D eigenvalue weighted by atomic mass is 10.1. The van der Waals surface area contributed by atoms with E-state index in [2.05, 4.69) is 21.6 Å². The van der Waals surface area contributed by atoms with Crippen molar-refractivity contribution < 1.29 is 19.4 Å². The Morgan fingerprint density at radius 2 is 1.79 bits per heavy atom. The van der Waals surface area contributed by atoms with Gasteiger partial charge in [-0.1, -0.05) is 54.9 Å². The van der Waals surface area contributed by atoms with Crippen LogP contribution in [0.3, 0.4) is 0 Å². The number of para-hydroxylation sites is 1. The highest BCUT2D eigenvalue weighted by Crippen LogP contribution is 2.33. The Kier molecular flexibility index (Phi) is 8.81. The highest BCUT2D eigenvalue weighted by atomic mass is 32.2. The maximum Gasteiger partial charge on any atom is 0.338 e. The van der Waals surface area contributed by atoms with E-state index in [1.807, 2.05) is 43.5 Å². The molecule has 0 radical (unpaired) electrons. The number of amides is 1. The number of unbranched alkanes of at least 4 members (excludes halogenated alkanes) is 1. The summed E-state index contributed by atoms with van der Waals surface area (Å²) in [6, 6.07) is 19.6. The number of phenols is 1. The third kappa shape index (κ3) is 6.41. The Hall–Kier alpha value is -4.11. The molecule has 4 rings (SSSR count). The van der Waals surface area contributed by atoms with Crippen LogP contribution in [-0.2, 0) is 9.53 Å². The van der Waals surface area contributed by atoms with Crippen LogP contribution >= 0.6 is 11.8 Å². The second kappa shape index (κ2) is 12.4. The van der Waals surface area contributed by atoms with Crippen LogP contribution < -0.4 is 5.32 Å². The van der Waals surface area contributed by atoms with Gasteiger partial charge < -0.3 is 15.2 Å². The number of aromatic nitrogens is 3. The molecule has 1 heterocycles. The first-order valence-corrected chi connectivity index (χ1v) is 13.4. The zero-order valence-electron chi connectivity index (χ0n) is 21.6. The fourth-order valence-electron chi connectivity index (χ4n) is 3.88. The Morgan fingerprint density at radius 3 is 2.50 bits per heavy atom. The summed E-state index contributed by atoms with van der Waals surface area (Å²) in [7, 11) is 0. The number of nitrogens with zero attached hydrogens (tertiary/aromatic N) is 3. The van der Waals surface area contributed by atoms with Crippen molar-refractivity contribution in [1.82, 2.24) is 14.8 Å². The lowest BCUT2D eigenvalue weighted by Crippen LogP contribution is -2.15. The van der Waals surface area contributed by atoms with Crippen molar-refractivity contribution in [1.29, 1.82) is 0 Å². The van der Waals surface area contributed by atoms with E-state index >= 15 is 0 Å². The van der Waals surface area contributed by atoms with Crippen LogP contribution in [0.5, 0.6) is 5.75 Å². The molecule has 0 saturated heterocycles. The van der Waals surface area contributed by atoms with Crippen LogP contribution in [0.4, 0.5) is 5.69 Å². The Bertz CT molecular complexity index is 1430. The number of phenolic OH excluding ortho intramolecular Hbond substituents is 1. The zero-order chi connectivity index (χ0) is 27.1. The molecule has 196 valence electrons. The van der Waals surface area contributed by atoms with Crippen molar-refractivity contribution >= 4 is 29.3 Å². The summed E-state index contributed by atoms with van der Waals surface area (Å²) in [5.74, 6) is 0.0626. The lowest BCUT2D eigenvalue weighted by molar-refractivity contribution is -0.113. The third-order valence-electron chi connectivity index (χ3n) is 5.84. The van der Waals surface area contributed by atoms with E-state index in [1.54, 1.807) is 42.5 Å². The number of hydrogen-bond donors (Lipinski definition) is 2. The molecular formula is C29H30N4O4S. The summed E-state index contributed by atoms with van der Waals surface area (Å²) in [5.41, 5.74) is 4.56. The molecule has 9 heteroatoms. The first kappa shape index (κ1) is 26.9. The Morgan fingerprint density at radius 1 is 1.03 bits per heavy atom. The molecule has 0 atom stereocenters. The predicted octanol–water partition coefficient (Wildman–Crippen LogP) is 5.94. The molecule has 0 unspecified atom stereocenters. The van der Waals surface area contributed by atoms with Gasteiger partial charge in [0.25, 0.3) is 0 Å². The molecule has 8 nitrogen and oxygen atoms in total. The number of rotatable bonds is 10. The maximum absolute atomic E-state index is 12.7. The first-order chi connectivity index (χ1) is 18.4. The fourth-order valence-corrected chi connectivity index (χ4v) is 4.63. The van der Waals surface area contributed by atoms with Gasteiger partial charge in [0.1, 0.15) is 5.75 Å². The van der Waals surface area contributed by atoms with Gasteiger partial charge >= 0.3 is 5.97 Å². The molecular weight excluding hydrogens is 500 g/mol. The molecule has 4 aromatic rings. The number of aromatic hydroxyl groups is 1. The van der Waals surface area contributed by atoms with Crippen LogP contribution in [0.15, 0.2) is 71.9 Å². The molecule has 0 bridgehead atoms. The van der Waals surface area contributed by atoms with E-state index in [-0.39, 0.29) is 23.4 Å². The van der Waals surface area contributed by atoms with E-state index < -0.39 is 0 Å². The van der Waals surface area contributed by atoms with Crippen molar-refractivity contribution in [3.05, 3.63) is 83.4 Å². The molecule has 0 saturated carbocycles. The van der Waals surface area contributed by atoms with Crippen LogP contribution in [-0.4, -0.2) is 44.1 Å². The molecule has 1 aromatic heterocycles. The molecule has 0 aliphatic carbocycles. The Balaban J connectivity index is 1.50. The molecule has 0 aliphatic heterocycles. The van der Waals surface area contributed by atoms with Crippen molar-refractivity contribution in [2.24, 2.45) is 0 Å². The Labute approximate surface area is 226 Å². The third-order valence-corrected chi connectivity index (χ3v) is 6.77. The van der Waals surface area contributed by atoms with Crippen LogP contribution in [0.2, 0.25) is 0 Å². The van der Waals surface area contributed by atoms with Gasteiger partial charge in [0.05, 0.1) is 29.2 Å². The predicted molar refractivity (Wildman–Crippen MR) is 149 cm³/mol. The van der Waals surface area contributed by atoms with E-state index in [4.69, 9.17) is 4.74 Å². The van der Waals surface area contributed by atoms with Crippen molar-refractivity contribution in [3.63, 3.8) is 0 Å². The van der Waals surface area contributed by atoms with Crippen molar-refractivity contribution in [3.8, 4) is 22.8 Å². The highest BCUT2D eigenvalue weighted by molar-refractivity contribution is 7.99. The van der Waals surface area contributed by atoms with Gasteiger partial charge in [0.15, 0.2) is 11.0 Å². The van der Waals surface area contributed by atoms with Gasteiger partial charge in [0.2, 0.25) is 5.91 Å². The van der Waals surface area contributed by atoms with Gasteiger partial charge in [-0.05, 0) is 68.3 Å². The largest absolute Gasteiger partial charge is 0.507 e. The number of carbonyl (C=O) groups excluding carboxylic acids is 2. The van der Waals surface area contributed by atoms with Gasteiger partial charge in [-0.2, -0.15) is 0 Å². The molecule has 2 N–H and O–H groups in total. The number of hydrogen-bond acceptors (Lipinski definition) is 7. The van der Waals surface area contributed by atoms with E-state index in [1.165, 1.54) is 11.8 Å². The SMILES string of the molecule is CCCCOC(=O)c1ccc(NC(=O)CSc2nnc(-c3ccccc3O)n2-c2ccc(C)cc2C)cc1. The average Bonchev–Trinajstić information content (AvgIpc) is 3.31. The smallest absolute Gasteiger partial charge is 0.338 e. The second-order valence-electron chi connectivity index (χ2n) is 8.85. The van der Waals surface area contributed by atoms with Gasteiger partial charge in [-0.15, -0.1) is 10.2 Å². The van der Waals surface area contributed by atoms with Crippen molar-refractivity contribution in [2.45, 2.75) is 38.8 Å². The number of aryl methyl sites for hydroxylation is 2. The molecule has 3 aromatic carbocycles. The summed E-state index contributed by atoms with van der Waals surface area (Å²) in [6.45, 7) is 6.45. The number of nitrogens with one attached hydrogen (secondary N) is 1. The van der Waals surface area contributed by atoms with E-state index in [0.717, 1.165) is 29.7 Å². The number of thioether (sulfide) groups is 1. The van der Waals surface area contributed by atoms with E-state index in [9.17, 15) is 14.7 Å². The minimum Gasteiger partial charge on any atom is -0.507 e. The number of anilines is 1. The number of benzene rings is 3. The molecule has 38 heavy (non-hydrogen) atoms. The average molecular weight is 531 g/mol. The molecule has 0 aliphatic rings. The summed E-state index contributed by atoms with van der Waals surface area (Å²) in [6.07, 6.45) is 1.77. The summed E-state index contributed by atoms with van der Waals surface area (Å²) in [5, 5.41) is 22.5. The summed E-state index contributed by atoms with van der Waals surface area (Å²) in [4.78, 5) is 24.8. The monoisotopic (exact) mass is 530 g/mol. The number of carbonyl (C=O) groups is 2. The molecule has 1 amide bonds. The van der Waals surface area contributed by atoms with Crippen molar-refractivity contribution in [2.75, 3.05) is 17.7 Å². The van der Waals surface area contributed by atoms with Crippen LogP contribution in [0.25, 0.3) is 17.1 Å². The zero-order valence-corrected chi connectivity index (χ0v) is 22.4. The van der Waals surface area contributed by atoms with Gasteiger partial charge in [0, 0.05) is 5.69 Å². The standard InChI is InChI=1S/C29H30N4O4S/c1-4-5-16-37-28(36)21-11-13-22(14-12-21)30-26(35)18-38-29-32-31-27(23-8-6-7-9-25(23)34)33(29)24-15-10-19(2)17-20(24)3/h6-15,17,34H,4-5,16,18H2,1-3H3,(H,30,35). The molecule has 0 fully saturated rings. The second-order valence-corrected chi connectivity index (χ2v) is 9.79. The van der Waals surface area contributed by atoms with Gasteiger partial charge in [-0.3, -0.25) is 9.36 Å². The van der Waals surface area contributed by atoms with Crippen LogP contribution in [0.1, 0.15) is 41.3 Å². The number of esters is 1. The topological polar surface area (TPSA) is 106 Å². The highest BCUT2D eigenvalue weighted by Gasteiger charge is 2.20. The quantitative estimate of drug-likeness (QED) is 0.148. The molecule has 0 spiro atoms. The minimum absolute atomic E-state index is 0.0879. The van der Waals surface area contributed by atoms with Crippen LogP contribution in [0, 0.1) is 13.8 Å². The fraction of sp³-hybridized carbons (Fsp3) is 0.241. The maximum atomic E-state index is 12.7. The normalized spacial score (nSPS) is 10.8. The first-order valence-electron chi connectivity index (χ1n) is 12.4. The number of ether oxygens (including phenoxy) is 1. The minimum atomic E-state index is -0.377. The lowest BCUT2D eigenvalue weighted by Gasteiger charge is -2.14. The summed E-state index contributed by atoms with van der Waals surface area (Å²) < 4.78 is 7.08. The summed E-state index contributed by atoms with van der Waals surface area (Å²) >= 11 is 1.24. The van der Waals surface area contributed by atoms with Gasteiger partial charge in [-0.25, -0.2) is 4.79 Å². The van der Waals surface area contributed by atoms with E-state index in [0.29, 0.717) is 34.4 Å².